The first-order valence-corrected chi connectivity index (χ1v) is 8.41. The lowest BCUT2D eigenvalue weighted by Gasteiger charge is -2.13. The van der Waals surface area contributed by atoms with Crippen LogP contribution in [0.25, 0.3) is 0 Å². The quantitative estimate of drug-likeness (QED) is 0.804. The van der Waals surface area contributed by atoms with Crippen LogP contribution in [0.1, 0.15) is 30.7 Å². The zero-order chi connectivity index (χ0) is 14.5. The van der Waals surface area contributed by atoms with Crippen molar-refractivity contribution in [2.75, 3.05) is 7.05 Å². The molecule has 1 N–H and O–H groups in total. The molecule has 2 heterocycles. The van der Waals surface area contributed by atoms with Crippen molar-refractivity contribution >= 4 is 27.3 Å². The van der Waals surface area contributed by atoms with Gasteiger partial charge in [0, 0.05) is 24.7 Å². The molecule has 0 aliphatic heterocycles. The number of furan rings is 1. The molecule has 0 saturated heterocycles. The maximum absolute atomic E-state index is 5.62. The fourth-order valence-corrected chi connectivity index (χ4v) is 3.19. The van der Waals surface area contributed by atoms with Crippen LogP contribution in [0.2, 0.25) is 0 Å². The minimum atomic E-state index is 0.494. The highest BCUT2D eigenvalue weighted by atomic mass is 79.9. The van der Waals surface area contributed by atoms with Gasteiger partial charge >= 0.3 is 0 Å². The summed E-state index contributed by atoms with van der Waals surface area (Å²) in [7, 11) is 2.11. The normalized spacial score (nSPS) is 11.7. The van der Waals surface area contributed by atoms with Crippen LogP contribution < -0.4 is 5.32 Å². The summed E-state index contributed by atoms with van der Waals surface area (Å²) in [6.07, 6.45) is 1.85. The van der Waals surface area contributed by atoms with Crippen LogP contribution in [-0.4, -0.2) is 18.0 Å². The van der Waals surface area contributed by atoms with Gasteiger partial charge in [-0.15, -0.1) is 11.3 Å². The molecular formula is C15H21BrN2OS. The monoisotopic (exact) mass is 356 g/mol. The van der Waals surface area contributed by atoms with Gasteiger partial charge in [-0.3, -0.25) is 4.90 Å². The van der Waals surface area contributed by atoms with E-state index in [9.17, 15) is 0 Å². The lowest BCUT2D eigenvalue weighted by Crippen LogP contribution is -2.21. The second-order valence-corrected chi connectivity index (χ2v) is 7.68. The molecule has 0 aromatic carbocycles. The van der Waals surface area contributed by atoms with Gasteiger partial charge in [0.1, 0.15) is 5.76 Å². The predicted octanol–water partition coefficient (Wildman–Crippen LogP) is 4.23. The summed E-state index contributed by atoms with van der Waals surface area (Å²) in [4.78, 5) is 2.26. The lowest BCUT2D eigenvalue weighted by atomic mass is 10.2. The van der Waals surface area contributed by atoms with E-state index in [2.05, 4.69) is 64.6 Å². The Kier molecular flexibility index (Phi) is 5.84. The van der Waals surface area contributed by atoms with E-state index in [0.29, 0.717) is 6.04 Å². The average molecular weight is 357 g/mol. The third kappa shape index (κ3) is 5.05. The van der Waals surface area contributed by atoms with Gasteiger partial charge in [-0.2, -0.15) is 0 Å². The van der Waals surface area contributed by atoms with E-state index < -0.39 is 0 Å². The Bertz CT molecular complexity index is 535. The topological polar surface area (TPSA) is 28.4 Å². The Morgan fingerprint density at radius 1 is 1.30 bits per heavy atom. The van der Waals surface area contributed by atoms with Crippen LogP contribution in [0.4, 0.5) is 0 Å². The van der Waals surface area contributed by atoms with Crippen LogP contribution in [-0.2, 0) is 19.6 Å². The maximum Gasteiger partial charge on any atom is 0.118 e. The van der Waals surface area contributed by atoms with Crippen LogP contribution in [0.3, 0.4) is 0 Å². The van der Waals surface area contributed by atoms with Gasteiger partial charge in [0.25, 0.3) is 0 Å². The van der Waals surface area contributed by atoms with Gasteiger partial charge in [0.05, 0.1) is 16.6 Å². The summed E-state index contributed by atoms with van der Waals surface area (Å²) in [5.74, 6) is 1.02. The molecule has 0 atom stereocenters. The number of hydrogen-bond acceptors (Lipinski definition) is 4. The van der Waals surface area contributed by atoms with E-state index in [-0.39, 0.29) is 0 Å². The Labute approximate surface area is 133 Å². The first-order chi connectivity index (χ1) is 9.52. The SMILES string of the molecule is CC(C)NCc1coc(CN(C)Cc2csc(Br)c2)c1. The van der Waals surface area contributed by atoms with Gasteiger partial charge in [-0.25, -0.2) is 0 Å². The van der Waals surface area contributed by atoms with Gasteiger partial charge in [-0.1, -0.05) is 13.8 Å². The standard InChI is InChI=1S/C15H21BrN2OS/c1-11(2)17-6-12-4-14(19-9-12)8-18(3)7-13-5-15(16)20-10-13/h4-5,9-11,17H,6-8H2,1-3H3. The van der Waals surface area contributed by atoms with E-state index in [4.69, 9.17) is 4.42 Å². The molecular weight excluding hydrogens is 336 g/mol. The molecule has 0 radical (unpaired) electrons. The maximum atomic E-state index is 5.62. The summed E-state index contributed by atoms with van der Waals surface area (Å²) in [5, 5.41) is 5.57. The first-order valence-electron chi connectivity index (χ1n) is 6.74. The number of rotatable bonds is 7. The van der Waals surface area contributed by atoms with Crippen LogP contribution in [0, 0.1) is 0 Å². The third-order valence-electron chi connectivity index (χ3n) is 2.92. The number of hydrogen-bond donors (Lipinski definition) is 1. The Balaban J connectivity index is 1.83. The second-order valence-electron chi connectivity index (χ2n) is 5.39. The molecule has 2 aromatic heterocycles. The average Bonchev–Trinajstić information content (AvgIpc) is 2.96. The molecule has 0 aliphatic carbocycles. The molecule has 0 saturated carbocycles. The Morgan fingerprint density at radius 2 is 2.10 bits per heavy atom. The van der Waals surface area contributed by atoms with E-state index in [1.54, 1.807) is 11.3 Å². The van der Waals surface area contributed by atoms with Crippen molar-refractivity contribution in [3.05, 3.63) is 44.4 Å². The highest BCUT2D eigenvalue weighted by Crippen LogP contribution is 2.22. The zero-order valence-corrected chi connectivity index (χ0v) is 14.6. The molecule has 0 aliphatic rings. The minimum Gasteiger partial charge on any atom is -0.468 e. The molecule has 5 heteroatoms. The fraction of sp³-hybridized carbons (Fsp3) is 0.467. The van der Waals surface area contributed by atoms with Crippen LogP contribution in [0.15, 0.2) is 32.0 Å². The molecule has 110 valence electrons. The van der Waals surface area contributed by atoms with Crippen molar-refractivity contribution in [2.24, 2.45) is 0 Å². The van der Waals surface area contributed by atoms with Gasteiger partial charge in [0.15, 0.2) is 0 Å². The molecule has 0 amide bonds. The van der Waals surface area contributed by atoms with E-state index in [1.807, 2.05) is 6.26 Å². The predicted molar refractivity (Wildman–Crippen MR) is 87.9 cm³/mol. The van der Waals surface area contributed by atoms with E-state index >= 15 is 0 Å². The summed E-state index contributed by atoms with van der Waals surface area (Å²) >= 11 is 5.22. The molecule has 2 rings (SSSR count). The van der Waals surface area contributed by atoms with Crippen molar-refractivity contribution in [1.82, 2.24) is 10.2 Å². The van der Waals surface area contributed by atoms with Crippen molar-refractivity contribution in [2.45, 2.75) is 39.5 Å². The molecule has 0 bridgehead atoms. The summed E-state index contributed by atoms with van der Waals surface area (Å²) < 4.78 is 6.80. The highest BCUT2D eigenvalue weighted by molar-refractivity contribution is 9.11. The van der Waals surface area contributed by atoms with Crippen molar-refractivity contribution < 1.29 is 4.42 Å². The fourth-order valence-electron chi connectivity index (χ4n) is 1.99. The highest BCUT2D eigenvalue weighted by Gasteiger charge is 2.07. The van der Waals surface area contributed by atoms with E-state index in [0.717, 1.165) is 25.4 Å². The van der Waals surface area contributed by atoms with Crippen LogP contribution >= 0.6 is 27.3 Å². The lowest BCUT2D eigenvalue weighted by molar-refractivity contribution is 0.288. The number of nitrogens with one attached hydrogen (secondary N) is 1. The number of halogens is 1. The largest absolute Gasteiger partial charge is 0.468 e. The number of nitrogens with zero attached hydrogens (tertiary/aromatic N) is 1. The smallest absolute Gasteiger partial charge is 0.118 e. The summed E-state index contributed by atoms with van der Waals surface area (Å²) in [5.41, 5.74) is 2.54. The number of thiophene rings is 1. The molecule has 3 nitrogen and oxygen atoms in total. The first kappa shape index (κ1) is 15.8. The second kappa shape index (κ2) is 7.41. The van der Waals surface area contributed by atoms with Gasteiger partial charge in [0.2, 0.25) is 0 Å². The Morgan fingerprint density at radius 3 is 2.75 bits per heavy atom. The van der Waals surface area contributed by atoms with Crippen molar-refractivity contribution in [3.63, 3.8) is 0 Å². The molecule has 20 heavy (non-hydrogen) atoms. The van der Waals surface area contributed by atoms with Crippen molar-refractivity contribution in [3.8, 4) is 0 Å². The molecule has 0 unspecified atom stereocenters. The molecule has 0 spiro atoms. The Hall–Kier alpha value is -0.620. The van der Waals surface area contributed by atoms with Gasteiger partial charge < -0.3 is 9.73 Å². The molecule has 0 fully saturated rings. The van der Waals surface area contributed by atoms with E-state index in [1.165, 1.54) is 14.9 Å². The summed E-state index contributed by atoms with van der Waals surface area (Å²) in [6, 6.07) is 4.80. The van der Waals surface area contributed by atoms with Crippen LogP contribution in [0.5, 0.6) is 0 Å². The van der Waals surface area contributed by atoms with Crippen molar-refractivity contribution in [1.29, 1.82) is 0 Å². The summed E-state index contributed by atoms with van der Waals surface area (Å²) in [6.45, 7) is 6.92. The third-order valence-corrected chi connectivity index (χ3v) is 4.48. The van der Waals surface area contributed by atoms with Gasteiger partial charge in [-0.05, 0) is 46.1 Å². The minimum absolute atomic E-state index is 0.494. The molecule has 2 aromatic rings. The zero-order valence-electron chi connectivity index (χ0n) is 12.1.